The molecule has 1 unspecified atom stereocenters. The van der Waals surface area contributed by atoms with Crippen LogP contribution in [0, 0.1) is 6.92 Å². The van der Waals surface area contributed by atoms with Gasteiger partial charge in [-0.3, -0.25) is 0 Å². The molecular weight excluding hydrogens is 210 g/mol. The monoisotopic (exact) mass is 225 g/mol. The molecule has 1 saturated heterocycles. The van der Waals surface area contributed by atoms with Crippen LogP contribution in [0.2, 0.25) is 0 Å². The van der Waals surface area contributed by atoms with Crippen molar-refractivity contribution < 1.29 is 9.90 Å². The third-order valence-electron chi connectivity index (χ3n) is 2.87. The Morgan fingerprint density at radius 3 is 3.00 bits per heavy atom. The predicted octanol–water partition coefficient (Wildman–Crippen LogP) is 2.22. The SMILES string of the molecule is Cc1sc(C2CCCNC2)cc1C(=O)O. The summed E-state index contributed by atoms with van der Waals surface area (Å²) in [6.07, 6.45) is 2.36. The summed E-state index contributed by atoms with van der Waals surface area (Å²) in [6.45, 7) is 3.96. The Morgan fingerprint density at radius 2 is 2.47 bits per heavy atom. The highest BCUT2D eigenvalue weighted by Gasteiger charge is 2.20. The summed E-state index contributed by atoms with van der Waals surface area (Å²) in [6, 6.07) is 1.85. The van der Waals surface area contributed by atoms with Crippen LogP contribution >= 0.6 is 11.3 Å². The molecule has 1 aromatic rings. The van der Waals surface area contributed by atoms with Crippen molar-refractivity contribution in [2.75, 3.05) is 13.1 Å². The van der Waals surface area contributed by atoms with E-state index in [1.54, 1.807) is 11.3 Å². The van der Waals surface area contributed by atoms with Gasteiger partial charge in [-0.25, -0.2) is 4.79 Å². The molecule has 0 aliphatic carbocycles. The van der Waals surface area contributed by atoms with Gasteiger partial charge in [-0.05, 0) is 32.4 Å². The molecule has 0 bridgehead atoms. The molecule has 0 amide bonds. The van der Waals surface area contributed by atoms with E-state index in [0.717, 1.165) is 18.0 Å². The van der Waals surface area contributed by atoms with Gasteiger partial charge in [-0.2, -0.15) is 0 Å². The topological polar surface area (TPSA) is 49.3 Å². The first kappa shape index (κ1) is 10.6. The fraction of sp³-hybridized carbons (Fsp3) is 0.545. The largest absolute Gasteiger partial charge is 0.478 e. The highest BCUT2D eigenvalue weighted by atomic mass is 32.1. The number of thiophene rings is 1. The zero-order chi connectivity index (χ0) is 10.8. The van der Waals surface area contributed by atoms with Crippen LogP contribution in [-0.4, -0.2) is 24.2 Å². The van der Waals surface area contributed by atoms with E-state index in [0.29, 0.717) is 11.5 Å². The Kier molecular flexibility index (Phi) is 3.07. The number of hydrogen-bond acceptors (Lipinski definition) is 3. The van der Waals surface area contributed by atoms with E-state index < -0.39 is 5.97 Å². The molecule has 0 saturated carbocycles. The fourth-order valence-corrected chi connectivity index (χ4v) is 3.17. The number of carboxylic acids is 1. The van der Waals surface area contributed by atoms with E-state index in [4.69, 9.17) is 5.11 Å². The van der Waals surface area contributed by atoms with Gasteiger partial charge >= 0.3 is 5.97 Å². The first-order chi connectivity index (χ1) is 7.18. The van der Waals surface area contributed by atoms with Crippen LogP contribution in [0.4, 0.5) is 0 Å². The molecule has 2 rings (SSSR count). The average Bonchev–Trinajstić information content (AvgIpc) is 2.62. The molecule has 1 atom stereocenters. The maximum absolute atomic E-state index is 10.9. The Labute approximate surface area is 93.1 Å². The molecule has 0 radical (unpaired) electrons. The zero-order valence-corrected chi connectivity index (χ0v) is 9.56. The predicted molar refractivity (Wildman–Crippen MR) is 60.9 cm³/mol. The Morgan fingerprint density at radius 1 is 1.67 bits per heavy atom. The van der Waals surface area contributed by atoms with Crippen molar-refractivity contribution >= 4 is 17.3 Å². The molecule has 2 N–H and O–H groups in total. The highest BCUT2D eigenvalue weighted by Crippen LogP contribution is 2.31. The summed E-state index contributed by atoms with van der Waals surface area (Å²) in [5.74, 6) is -0.297. The lowest BCUT2D eigenvalue weighted by atomic mass is 9.97. The van der Waals surface area contributed by atoms with Gasteiger partial charge in [-0.1, -0.05) is 0 Å². The lowest BCUT2D eigenvalue weighted by Gasteiger charge is -2.21. The second kappa shape index (κ2) is 4.33. The van der Waals surface area contributed by atoms with Crippen LogP contribution < -0.4 is 5.32 Å². The fourth-order valence-electron chi connectivity index (χ4n) is 2.01. The molecule has 0 spiro atoms. The summed E-state index contributed by atoms with van der Waals surface area (Å²) >= 11 is 1.63. The first-order valence-corrected chi connectivity index (χ1v) is 6.04. The molecule has 1 aliphatic rings. The van der Waals surface area contributed by atoms with Gasteiger partial charge in [0.05, 0.1) is 5.56 Å². The maximum atomic E-state index is 10.9. The average molecular weight is 225 g/mol. The summed E-state index contributed by atoms with van der Waals surface area (Å²) in [5, 5.41) is 12.3. The van der Waals surface area contributed by atoms with E-state index in [-0.39, 0.29) is 0 Å². The second-order valence-electron chi connectivity index (χ2n) is 3.97. The van der Waals surface area contributed by atoms with Crippen LogP contribution in [0.15, 0.2) is 6.07 Å². The molecule has 2 heterocycles. The lowest BCUT2D eigenvalue weighted by molar-refractivity contribution is 0.0696. The third-order valence-corrected chi connectivity index (χ3v) is 4.08. The van der Waals surface area contributed by atoms with Gasteiger partial charge < -0.3 is 10.4 Å². The molecule has 1 aliphatic heterocycles. The van der Waals surface area contributed by atoms with Crippen LogP contribution in [0.3, 0.4) is 0 Å². The molecule has 3 nitrogen and oxygen atoms in total. The van der Waals surface area contributed by atoms with Crippen LogP contribution in [0.5, 0.6) is 0 Å². The van der Waals surface area contributed by atoms with Crippen molar-refractivity contribution in [1.29, 1.82) is 0 Å². The standard InChI is InChI=1S/C11H15NO2S/c1-7-9(11(13)14)5-10(15-7)8-3-2-4-12-6-8/h5,8,12H,2-4,6H2,1H3,(H,13,14). The van der Waals surface area contributed by atoms with Gasteiger partial charge in [0.2, 0.25) is 0 Å². The first-order valence-electron chi connectivity index (χ1n) is 5.23. The normalized spacial score (nSPS) is 21.5. The van der Waals surface area contributed by atoms with E-state index in [2.05, 4.69) is 5.32 Å². The van der Waals surface area contributed by atoms with Crippen molar-refractivity contribution in [2.24, 2.45) is 0 Å². The number of carboxylic acid groups (broad SMARTS) is 1. The van der Waals surface area contributed by atoms with Crippen LogP contribution in [0.1, 0.15) is 38.9 Å². The molecule has 15 heavy (non-hydrogen) atoms. The van der Waals surface area contributed by atoms with E-state index in [1.165, 1.54) is 17.7 Å². The smallest absolute Gasteiger partial charge is 0.336 e. The Balaban J connectivity index is 2.21. The van der Waals surface area contributed by atoms with Crippen molar-refractivity contribution in [3.63, 3.8) is 0 Å². The van der Waals surface area contributed by atoms with Crippen molar-refractivity contribution in [2.45, 2.75) is 25.7 Å². The molecular formula is C11H15NO2S. The lowest BCUT2D eigenvalue weighted by Crippen LogP contribution is -2.27. The number of aromatic carboxylic acids is 1. The Hall–Kier alpha value is -0.870. The Bertz CT molecular complexity index is 367. The van der Waals surface area contributed by atoms with Gasteiger partial charge in [0.15, 0.2) is 0 Å². The van der Waals surface area contributed by atoms with Crippen LogP contribution in [0.25, 0.3) is 0 Å². The van der Waals surface area contributed by atoms with E-state index in [9.17, 15) is 4.79 Å². The van der Waals surface area contributed by atoms with Gasteiger partial charge in [0.25, 0.3) is 0 Å². The summed E-state index contributed by atoms with van der Waals surface area (Å²) in [5.41, 5.74) is 0.473. The molecule has 82 valence electrons. The highest BCUT2D eigenvalue weighted by molar-refractivity contribution is 7.12. The minimum absolute atomic E-state index is 0.473. The molecule has 1 fully saturated rings. The second-order valence-corrected chi connectivity index (χ2v) is 5.25. The molecule has 1 aromatic heterocycles. The number of rotatable bonds is 2. The maximum Gasteiger partial charge on any atom is 0.336 e. The minimum atomic E-state index is -0.807. The molecule has 4 heteroatoms. The number of hydrogen-bond donors (Lipinski definition) is 2. The van der Waals surface area contributed by atoms with Gasteiger partial charge in [-0.15, -0.1) is 11.3 Å². The van der Waals surface area contributed by atoms with Crippen LogP contribution in [-0.2, 0) is 0 Å². The quantitative estimate of drug-likeness (QED) is 0.811. The zero-order valence-electron chi connectivity index (χ0n) is 8.75. The van der Waals surface area contributed by atoms with Crippen molar-refractivity contribution in [3.05, 3.63) is 21.4 Å². The summed E-state index contributed by atoms with van der Waals surface area (Å²) in [7, 11) is 0. The number of piperidine rings is 1. The number of carbonyl (C=O) groups is 1. The minimum Gasteiger partial charge on any atom is -0.478 e. The third kappa shape index (κ3) is 2.21. The van der Waals surface area contributed by atoms with Crippen molar-refractivity contribution in [1.82, 2.24) is 5.32 Å². The van der Waals surface area contributed by atoms with Gasteiger partial charge in [0.1, 0.15) is 0 Å². The van der Waals surface area contributed by atoms with E-state index >= 15 is 0 Å². The van der Waals surface area contributed by atoms with Crippen molar-refractivity contribution in [3.8, 4) is 0 Å². The summed E-state index contributed by atoms with van der Waals surface area (Å²) < 4.78 is 0. The molecule has 0 aromatic carbocycles. The van der Waals surface area contributed by atoms with E-state index in [1.807, 2.05) is 13.0 Å². The van der Waals surface area contributed by atoms with Gasteiger partial charge in [0, 0.05) is 22.2 Å². The number of aryl methyl sites for hydroxylation is 1. The number of nitrogens with one attached hydrogen (secondary N) is 1. The summed E-state index contributed by atoms with van der Waals surface area (Å²) in [4.78, 5) is 13.0.